The van der Waals surface area contributed by atoms with Gasteiger partial charge in [0.25, 0.3) is 0 Å². The smallest absolute Gasteiger partial charge is 0.338 e. The zero-order valence-corrected chi connectivity index (χ0v) is 10.0. The van der Waals surface area contributed by atoms with Gasteiger partial charge in [0.1, 0.15) is 0 Å². The predicted molar refractivity (Wildman–Crippen MR) is 61.2 cm³/mol. The third-order valence-corrected chi connectivity index (χ3v) is 2.43. The number of esters is 1. The van der Waals surface area contributed by atoms with Crippen LogP contribution in [0.4, 0.5) is 0 Å². The molecule has 2 nitrogen and oxygen atoms in total. The Balaban J connectivity index is 3.40. The van der Waals surface area contributed by atoms with Gasteiger partial charge in [-0.2, -0.15) is 0 Å². The zero-order chi connectivity index (χ0) is 11.6. The molecule has 1 aromatic carbocycles. The second-order valence-corrected chi connectivity index (χ2v) is 4.74. The van der Waals surface area contributed by atoms with Crippen molar-refractivity contribution in [3.05, 3.63) is 34.9 Å². The van der Waals surface area contributed by atoms with Crippen LogP contribution in [-0.4, -0.2) is 13.1 Å². The van der Waals surface area contributed by atoms with Gasteiger partial charge in [-0.3, -0.25) is 0 Å². The second-order valence-electron chi connectivity index (χ2n) is 4.74. The highest BCUT2D eigenvalue weighted by molar-refractivity contribution is 5.91. The maximum Gasteiger partial charge on any atom is 0.338 e. The van der Waals surface area contributed by atoms with E-state index >= 15 is 0 Å². The lowest BCUT2D eigenvalue weighted by molar-refractivity contribution is 0.0598. The van der Waals surface area contributed by atoms with Crippen LogP contribution in [0, 0.1) is 6.92 Å². The Morgan fingerprint density at radius 3 is 2.33 bits per heavy atom. The lowest BCUT2D eigenvalue weighted by Gasteiger charge is -2.24. The van der Waals surface area contributed by atoms with Crippen LogP contribution < -0.4 is 0 Å². The van der Waals surface area contributed by atoms with Gasteiger partial charge in [0.05, 0.1) is 12.7 Å². The Morgan fingerprint density at radius 2 is 1.87 bits per heavy atom. The predicted octanol–water partition coefficient (Wildman–Crippen LogP) is 3.08. The average Bonchev–Trinajstić information content (AvgIpc) is 2.14. The molecule has 0 aromatic heterocycles. The van der Waals surface area contributed by atoms with Gasteiger partial charge >= 0.3 is 5.97 Å². The van der Waals surface area contributed by atoms with E-state index < -0.39 is 0 Å². The highest BCUT2D eigenvalue weighted by Gasteiger charge is 2.23. The normalized spacial score (nSPS) is 11.3. The summed E-state index contributed by atoms with van der Waals surface area (Å²) < 4.78 is 4.79. The zero-order valence-electron chi connectivity index (χ0n) is 10.0. The molecule has 1 aromatic rings. The van der Waals surface area contributed by atoms with Crippen molar-refractivity contribution in [2.24, 2.45) is 0 Å². The first-order valence-electron chi connectivity index (χ1n) is 5.06. The summed E-state index contributed by atoms with van der Waals surface area (Å²) in [7, 11) is 1.41. The second kappa shape index (κ2) is 4.05. The molecule has 1 rings (SSSR count). The Morgan fingerprint density at radius 1 is 1.27 bits per heavy atom. The molecule has 0 aliphatic rings. The van der Waals surface area contributed by atoms with E-state index in [1.807, 2.05) is 25.1 Å². The third kappa shape index (κ3) is 2.38. The standard InChI is InChI=1S/C13H18O2/c1-9-7-6-8-10(12(14)15-5)11(9)13(2,3)4/h6-8H,1-5H3. The van der Waals surface area contributed by atoms with Crippen LogP contribution in [0.1, 0.15) is 42.3 Å². The van der Waals surface area contributed by atoms with Crippen LogP contribution in [0.25, 0.3) is 0 Å². The Labute approximate surface area is 91.3 Å². The minimum Gasteiger partial charge on any atom is -0.465 e. The van der Waals surface area contributed by atoms with Gasteiger partial charge < -0.3 is 4.74 Å². The topological polar surface area (TPSA) is 26.3 Å². The first-order chi connectivity index (χ1) is 6.88. The maximum atomic E-state index is 11.6. The molecule has 0 heterocycles. The van der Waals surface area contributed by atoms with E-state index in [0.29, 0.717) is 5.56 Å². The van der Waals surface area contributed by atoms with Gasteiger partial charge in [-0.1, -0.05) is 32.9 Å². The molecule has 15 heavy (non-hydrogen) atoms. The van der Waals surface area contributed by atoms with Crippen LogP contribution in [0.2, 0.25) is 0 Å². The summed E-state index contributed by atoms with van der Waals surface area (Å²) in [6.45, 7) is 8.32. The van der Waals surface area contributed by atoms with Crippen LogP contribution >= 0.6 is 0 Å². The molecule has 0 aliphatic carbocycles. The maximum absolute atomic E-state index is 11.6. The SMILES string of the molecule is COC(=O)c1cccc(C)c1C(C)(C)C. The van der Waals surface area contributed by atoms with Crippen molar-refractivity contribution in [1.82, 2.24) is 0 Å². The number of methoxy groups -OCH3 is 1. The van der Waals surface area contributed by atoms with Crippen LogP contribution in [0.5, 0.6) is 0 Å². The summed E-state index contributed by atoms with van der Waals surface area (Å²) in [6.07, 6.45) is 0. The Bertz CT molecular complexity index is 373. The number of hydrogen-bond acceptors (Lipinski definition) is 2. The highest BCUT2D eigenvalue weighted by atomic mass is 16.5. The van der Waals surface area contributed by atoms with E-state index in [-0.39, 0.29) is 11.4 Å². The van der Waals surface area contributed by atoms with E-state index in [2.05, 4.69) is 20.8 Å². The van der Waals surface area contributed by atoms with Crippen molar-refractivity contribution in [3.63, 3.8) is 0 Å². The van der Waals surface area contributed by atoms with Gasteiger partial charge in [0, 0.05) is 0 Å². The molecule has 0 saturated carbocycles. The average molecular weight is 206 g/mol. The molecular weight excluding hydrogens is 188 g/mol. The number of benzene rings is 1. The van der Waals surface area contributed by atoms with Gasteiger partial charge in [0.2, 0.25) is 0 Å². The molecule has 0 amide bonds. The summed E-state index contributed by atoms with van der Waals surface area (Å²) >= 11 is 0. The van der Waals surface area contributed by atoms with E-state index in [4.69, 9.17) is 4.74 Å². The molecule has 0 N–H and O–H groups in total. The molecule has 82 valence electrons. The van der Waals surface area contributed by atoms with E-state index in [1.54, 1.807) is 0 Å². The van der Waals surface area contributed by atoms with Crippen molar-refractivity contribution in [2.45, 2.75) is 33.1 Å². The third-order valence-electron chi connectivity index (χ3n) is 2.43. The molecule has 0 saturated heterocycles. The van der Waals surface area contributed by atoms with E-state index in [9.17, 15) is 4.79 Å². The fourth-order valence-electron chi connectivity index (χ4n) is 1.94. The molecule has 0 atom stereocenters. The quantitative estimate of drug-likeness (QED) is 0.660. The van der Waals surface area contributed by atoms with Crippen molar-refractivity contribution in [1.29, 1.82) is 0 Å². The number of ether oxygens (including phenoxy) is 1. The fraction of sp³-hybridized carbons (Fsp3) is 0.462. The van der Waals surface area contributed by atoms with Crippen molar-refractivity contribution in [3.8, 4) is 0 Å². The molecule has 0 unspecified atom stereocenters. The highest BCUT2D eigenvalue weighted by Crippen LogP contribution is 2.29. The first-order valence-corrected chi connectivity index (χ1v) is 5.06. The van der Waals surface area contributed by atoms with Crippen molar-refractivity contribution < 1.29 is 9.53 Å². The van der Waals surface area contributed by atoms with Gasteiger partial charge in [0.15, 0.2) is 0 Å². The van der Waals surface area contributed by atoms with Gasteiger partial charge in [-0.25, -0.2) is 4.79 Å². The molecule has 2 heteroatoms. The van der Waals surface area contributed by atoms with Crippen LogP contribution in [0.3, 0.4) is 0 Å². The summed E-state index contributed by atoms with van der Waals surface area (Å²) in [5.41, 5.74) is 2.82. The largest absolute Gasteiger partial charge is 0.465 e. The number of hydrogen-bond donors (Lipinski definition) is 0. The molecule has 0 fully saturated rings. The molecule has 0 bridgehead atoms. The number of carbonyl (C=O) groups excluding carboxylic acids is 1. The summed E-state index contributed by atoms with van der Waals surface area (Å²) in [6, 6.07) is 5.73. The monoisotopic (exact) mass is 206 g/mol. The lowest BCUT2D eigenvalue weighted by atomic mass is 9.81. The molecular formula is C13H18O2. The van der Waals surface area contributed by atoms with E-state index in [0.717, 1.165) is 11.1 Å². The van der Waals surface area contributed by atoms with Crippen LogP contribution in [0.15, 0.2) is 18.2 Å². The number of rotatable bonds is 1. The summed E-state index contributed by atoms with van der Waals surface area (Å²) in [5, 5.41) is 0. The summed E-state index contributed by atoms with van der Waals surface area (Å²) in [4.78, 5) is 11.6. The van der Waals surface area contributed by atoms with Gasteiger partial charge in [-0.15, -0.1) is 0 Å². The lowest BCUT2D eigenvalue weighted by Crippen LogP contribution is -2.19. The fourth-order valence-corrected chi connectivity index (χ4v) is 1.94. The number of carbonyl (C=O) groups is 1. The van der Waals surface area contributed by atoms with Crippen LogP contribution in [-0.2, 0) is 10.2 Å². The Kier molecular flexibility index (Phi) is 3.18. The number of aryl methyl sites for hydroxylation is 1. The summed E-state index contributed by atoms with van der Waals surface area (Å²) in [5.74, 6) is -0.261. The van der Waals surface area contributed by atoms with E-state index in [1.165, 1.54) is 7.11 Å². The first kappa shape index (κ1) is 11.8. The molecule has 0 spiro atoms. The minimum absolute atomic E-state index is 0.0468. The van der Waals surface area contributed by atoms with Crippen molar-refractivity contribution in [2.75, 3.05) is 7.11 Å². The van der Waals surface area contributed by atoms with Gasteiger partial charge in [-0.05, 0) is 29.5 Å². The molecule has 0 aliphatic heterocycles. The Hall–Kier alpha value is -1.31. The van der Waals surface area contributed by atoms with Crippen molar-refractivity contribution >= 4 is 5.97 Å². The minimum atomic E-state index is -0.261. The molecule has 0 radical (unpaired) electrons.